The van der Waals surface area contributed by atoms with Crippen LogP contribution < -0.4 is 10.5 Å². The molecule has 116 valence electrons. The number of halogens is 1. The second-order valence-electron chi connectivity index (χ2n) is 5.83. The largest absolute Gasteiger partial charge is 0.398 e. The van der Waals surface area contributed by atoms with E-state index >= 15 is 0 Å². The van der Waals surface area contributed by atoms with Crippen molar-refractivity contribution in [3.63, 3.8) is 0 Å². The number of benzene rings is 1. The Morgan fingerprint density at radius 3 is 2.86 bits per heavy atom. The quantitative estimate of drug-likeness (QED) is 0.830. The summed E-state index contributed by atoms with van der Waals surface area (Å²) in [6, 6.07) is 5.22. The zero-order valence-corrected chi connectivity index (χ0v) is 13.3. The summed E-state index contributed by atoms with van der Waals surface area (Å²) in [6.07, 6.45) is 4.07. The van der Waals surface area contributed by atoms with Crippen molar-refractivity contribution in [3.05, 3.63) is 23.2 Å². The molecule has 2 unspecified atom stereocenters. The molecule has 0 saturated carbocycles. The molecule has 0 aromatic heterocycles. The number of rotatable bonds is 3. The van der Waals surface area contributed by atoms with E-state index in [0.29, 0.717) is 6.04 Å². The van der Waals surface area contributed by atoms with Gasteiger partial charge in [0.2, 0.25) is 10.0 Å². The Hall–Kier alpha value is -0.820. The summed E-state index contributed by atoms with van der Waals surface area (Å²) in [5, 5.41) is 0.167. The number of nitrogens with two attached hydrogens (primary N) is 1. The first-order valence-electron chi connectivity index (χ1n) is 7.28. The molecule has 2 fully saturated rings. The fourth-order valence-corrected chi connectivity index (χ4v) is 5.38. The Morgan fingerprint density at radius 1 is 1.29 bits per heavy atom. The Balaban J connectivity index is 1.77. The van der Waals surface area contributed by atoms with Crippen LogP contribution in [-0.2, 0) is 10.0 Å². The third-order valence-electron chi connectivity index (χ3n) is 4.41. The molecule has 1 aromatic carbocycles. The van der Waals surface area contributed by atoms with Crippen LogP contribution >= 0.6 is 11.6 Å². The molecule has 3 N–H and O–H groups in total. The lowest BCUT2D eigenvalue weighted by Gasteiger charge is -2.35. The Kier molecular flexibility index (Phi) is 4.14. The summed E-state index contributed by atoms with van der Waals surface area (Å²) in [6.45, 7) is 2.09. The van der Waals surface area contributed by atoms with E-state index in [1.165, 1.54) is 6.42 Å². The van der Waals surface area contributed by atoms with Crippen molar-refractivity contribution >= 4 is 27.3 Å². The molecule has 3 rings (SSSR count). The second-order valence-corrected chi connectivity index (χ2v) is 7.89. The van der Waals surface area contributed by atoms with Gasteiger partial charge >= 0.3 is 0 Å². The summed E-state index contributed by atoms with van der Waals surface area (Å²) in [5.41, 5.74) is 5.97. The van der Waals surface area contributed by atoms with Gasteiger partial charge in [-0.15, -0.1) is 0 Å². The fraction of sp³-hybridized carbons (Fsp3) is 0.571. The lowest BCUT2D eigenvalue weighted by Crippen LogP contribution is -2.47. The lowest BCUT2D eigenvalue weighted by atomic mass is 9.99. The van der Waals surface area contributed by atoms with Gasteiger partial charge in [-0.25, -0.2) is 13.1 Å². The first kappa shape index (κ1) is 15.1. The number of hydrogen-bond donors (Lipinski definition) is 2. The van der Waals surface area contributed by atoms with E-state index in [-0.39, 0.29) is 21.6 Å². The van der Waals surface area contributed by atoms with E-state index < -0.39 is 10.0 Å². The minimum absolute atomic E-state index is 0.000480. The highest BCUT2D eigenvalue weighted by Gasteiger charge is 2.34. The van der Waals surface area contributed by atoms with Crippen LogP contribution in [-0.4, -0.2) is 38.5 Å². The predicted molar refractivity (Wildman–Crippen MR) is 83.8 cm³/mol. The van der Waals surface area contributed by atoms with E-state index in [1.54, 1.807) is 18.2 Å². The molecule has 2 saturated heterocycles. The molecule has 0 spiro atoms. The van der Waals surface area contributed by atoms with E-state index in [9.17, 15) is 8.42 Å². The summed E-state index contributed by atoms with van der Waals surface area (Å²) in [5.74, 6) is 0. The lowest BCUT2D eigenvalue weighted by molar-refractivity contribution is 0.176. The van der Waals surface area contributed by atoms with Crippen LogP contribution in [0.15, 0.2) is 23.1 Å². The SMILES string of the molecule is Nc1cccc(Cl)c1S(=O)(=O)NC1CCN2CCCC2C1. The molecule has 0 aliphatic carbocycles. The number of fused-ring (bicyclic) bond motifs is 1. The van der Waals surface area contributed by atoms with Crippen LogP contribution in [0.4, 0.5) is 5.69 Å². The van der Waals surface area contributed by atoms with Gasteiger partial charge in [0.1, 0.15) is 4.90 Å². The van der Waals surface area contributed by atoms with Crippen molar-refractivity contribution < 1.29 is 8.42 Å². The highest BCUT2D eigenvalue weighted by Crippen LogP contribution is 2.30. The van der Waals surface area contributed by atoms with Gasteiger partial charge in [-0.1, -0.05) is 17.7 Å². The third-order valence-corrected chi connectivity index (χ3v) is 6.47. The zero-order valence-electron chi connectivity index (χ0n) is 11.8. The Bertz CT molecular complexity index is 615. The second kappa shape index (κ2) is 5.76. The number of nitrogen functional groups attached to an aromatic ring is 1. The topological polar surface area (TPSA) is 75.4 Å². The number of anilines is 1. The summed E-state index contributed by atoms with van der Waals surface area (Å²) >= 11 is 6.01. The van der Waals surface area contributed by atoms with E-state index in [1.807, 2.05) is 0 Å². The van der Waals surface area contributed by atoms with Crippen LogP contribution in [0.25, 0.3) is 0 Å². The number of sulfonamides is 1. The Morgan fingerprint density at radius 2 is 2.10 bits per heavy atom. The molecule has 0 bridgehead atoms. The van der Waals surface area contributed by atoms with Crippen molar-refractivity contribution in [2.75, 3.05) is 18.8 Å². The van der Waals surface area contributed by atoms with Gasteiger partial charge in [-0.3, -0.25) is 0 Å². The summed E-state index contributed by atoms with van der Waals surface area (Å²) in [4.78, 5) is 2.45. The molecule has 0 radical (unpaired) electrons. The monoisotopic (exact) mass is 329 g/mol. The molecule has 2 heterocycles. The standard InChI is InChI=1S/C14H20ClN3O2S/c15-12-4-1-5-13(16)14(12)21(19,20)17-10-6-8-18-7-2-3-11(18)9-10/h1,4-5,10-11,17H,2-3,6-9,16H2. The number of piperidine rings is 1. The molecule has 0 amide bonds. The van der Waals surface area contributed by atoms with Crippen molar-refractivity contribution in [2.24, 2.45) is 0 Å². The van der Waals surface area contributed by atoms with Gasteiger partial charge in [0.05, 0.1) is 10.7 Å². The number of nitrogens with one attached hydrogen (secondary N) is 1. The average molecular weight is 330 g/mol. The molecule has 1 aromatic rings. The smallest absolute Gasteiger partial charge is 0.244 e. The molecular formula is C14H20ClN3O2S. The minimum Gasteiger partial charge on any atom is -0.398 e. The van der Waals surface area contributed by atoms with Crippen LogP contribution in [0, 0.1) is 0 Å². The van der Waals surface area contributed by atoms with Gasteiger partial charge in [0.15, 0.2) is 0 Å². The van der Waals surface area contributed by atoms with Crippen molar-refractivity contribution in [3.8, 4) is 0 Å². The van der Waals surface area contributed by atoms with Crippen LogP contribution in [0.5, 0.6) is 0 Å². The molecule has 21 heavy (non-hydrogen) atoms. The number of hydrogen-bond acceptors (Lipinski definition) is 4. The van der Waals surface area contributed by atoms with E-state index in [4.69, 9.17) is 17.3 Å². The molecule has 2 aliphatic rings. The van der Waals surface area contributed by atoms with Gasteiger partial charge in [-0.05, 0) is 50.9 Å². The third kappa shape index (κ3) is 3.04. The predicted octanol–water partition coefficient (Wildman–Crippen LogP) is 1.83. The van der Waals surface area contributed by atoms with Gasteiger partial charge in [-0.2, -0.15) is 0 Å². The van der Waals surface area contributed by atoms with Gasteiger partial charge in [0, 0.05) is 12.1 Å². The molecule has 2 aliphatic heterocycles. The highest BCUT2D eigenvalue weighted by molar-refractivity contribution is 7.89. The van der Waals surface area contributed by atoms with E-state index in [0.717, 1.165) is 32.4 Å². The summed E-state index contributed by atoms with van der Waals surface area (Å²) in [7, 11) is -3.68. The first-order chi connectivity index (χ1) is 9.97. The highest BCUT2D eigenvalue weighted by atomic mass is 35.5. The van der Waals surface area contributed by atoms with Crippen LogP contribution in [0.1, 0.15) is 25.7 Å². The van der Waals surface area contributed by atoms with Gasteiger partial charge < -0.3 is 10.6 Å². The molecule has 7 heteroatoms. The fourth-order valence-electron chi connectivity index (χ4n) is 3.42. The summed E-state index contributed by atoms with van der Waals surface area (Å²) < 4.78 is 27.9. The van der Waals surface area contributed by atoms with Crippen molar-refractivity contribution in [1.29, 1.82) is 0 Å². The van der Waals surface area contributed by atoms with Crippen LogP contribution in [0.3, 0.4) is 0 Å². The molecule has 2 atom stereocenters. The van der Waals surface area contributed by atoms with Crippen LogP contribution in [0.2, 0.25) is 5.02 Å². The maximum Gasteiger partial charge on any atom is 0.244 e. The maximum atomic E-state index is 12.5. The van der Waals surface area contributed by atoms with E-state index in [2.05, 4.69) is 9.62 Å². The van der Waals surface area contributed by atoms with Crippen molar-refractivity contribution in [2.45, 2.75) is 42.7 Å². The zero-order chi connectivity index (χ0) is 15.0. The molecular weight excluding hydrogens is 310 g/mol. The van der Waals surface area contributed by atoms with Crippen molar-refractivity contribution in [1.82, 2.24) is 9.62 Å². The average Bonchev–Trinajstić information content (AvgIpc) is 2.85. The number of nitrogens with zero attached hydrogens (tertiary/aromatic N) is 1. The normalized spacial score (nSPS) is 26.7. The Labute approximate surface area is 130 Å². The van der Waals surface area contributed by atoms with Gasteiger partial charge in [0.25, 0.3) is 0 Å². The minimum atomic E-state index is -3.68. The first-order valence-corrected chi connectivity index (χ1v) is 9.14. The molecule has 5 nitrogen and oxygen atoms in total. The maximum absolute atomic E-state index is 12.5.